The van der Waals surface area contributed by atoms with Gasteiger partial charge in [0.1, 0.15) is 5.78 Å². The Morgan fingerprint density at radius 1 is 1.61 bits per heavy atom. The molecule has 0 saturated heterocycles. The van der Waals surface area contributed by atoms with Crippen LogP contribution in [-0.4, -0.2) is 21.3 Å². The normalized spacial score (nSPS) is 33.2. The SMILES string of the molecule is C=CC(C)(O)C/C=C1\C(C)C(=O)CC(Br)C1(C)C. The van der Waals surface area contributed by atoms with Gasteiger partial charge in [-0.1, -0.05) is 54.4 Å². The molecule has 0 radical (unpaired) electrons. The second-order valence-electron chi connectivity index (χ2n) is 6.01. The van der Waals surface area contributed by atoms with E-state index in [1.807, 2.05) is 13.0 Å². The number of aliphatic hydroxyl groups is 1. The van der Waals surface area contributed by atoms with Gasteiger partial charge >= 0.3 is 0 Å². The van der Waals surface area contributed by atoms with Crippen LogP contribution in [0.5, 0.6) is 0 Å². The largest absolute Gasteiger partial charge is 0.386 e. The molecule has 3 heteroatoms. The van der Waals surface area contributed by atoms with Crippen LogP contribution < -0.4 is 0 Å². The molecule has 1 fully saturated rings. The van der Waals surface area contributed by atoms with Gasteiger partial charge in [0.15, 0.2) is 0 Å². The van der Waals surface area contributed by atoms with Crippen LogP contribution in [0.25, 0.3) is 0 Å². The summed E-state index contributed by atoms with van der Waals surface area (Å²) in [5.74, 6) is 0.204. The average molecular weight is 315 g/mol. The van der Waals surface area contributed by atoms with E-state index in [0.717, 1.165) is 5.57 Å². The fourth-order valence-electron chi connectivity index (χ4n) is 2.36. The second kappa shape index (κ2) is 5.30. The molecular formula is C15H23BrO2. The van der Waals surface area contributed by atoms with E-state index in [1.165, 1.54) is 6.08 Å². The summed E-state index contributed by atoms with van der Waals surface area (Å²) in [5, 5.41) is 9.98. The monoisotopic (exact) mass is 314 g/mol. The standard InChI is InChI=1S/C15H23BrO2/c1-6-15(5,18)8-7-11-10(2)12(17)9-13(16)14(11,3)4/h6-7,10,13,18H,1,8-9H2,2-5H3/b11-7+. The highest BCUT2D eigenvalue weighted by atomic mass is 79.9. The van der Waals surface area contributed by atoms with E-state index >= 15 is 0 Å². The van der Waals surface area contributed by atoms with E-state index < -0.39 is 5.60 Å². The van der Waals surface area contributed by atoms with E-state index in [2.05, 4.69) is 36.4 Å². The van der Waals surface area contributed by atoms with Crippen molar-refractivity contribution in [2.75, 3.05) is 0 Å². The first kappa shape index (κ1) is 15.6. The molecule has 0 heterocycles. The number of ketones is 1. The average Bonchev–Trinajstić information content (AvgIpc) is 2.26. The van der Waals surface area contributed by atoms with Crippen molar-refractivity contribution in [3.63, 3.8) is 0 Å². The van der Waals surface area contributed by atoms with E-state index in [0.29, 0.717) is 12.8 Å². The van der Waals surface area contributed by atoms with Crippen LogP contribution in [0, 0.1) is 11.3 Å². The van der Waals surface area contributed by atoms with Gasteiger partial charge in [0.05, 0.1) is 5.60 Å². The number of Topliss-reactive ketones (excluding diaryl/α,β-unsaturated/α-hetero) is 1. The van der Waals surface area contributed by atoms with Crippen molar-refractivity contribution in [3.8, 4) is 0 Å². The van der Waals surface area contributed by atoms with Gasteiger partial charge in [0.25, 0.3) is 0 Å². The first-order valence-electron chi connectivity index (χ1n) is 6.35. The maximum absolute atomic E-state index is 11.9. The molecule has 0 amide bonds. The minimum absolute atomic E-state index is 0.0607. The predicted octanol–water partition coefficient (Wildman–Crippen LogP) is 3.64. The Hall–Kier alpha value is -0.410. The highest BCUT2D eigenvalue weighted by molar-refractivity contribution is 9.09. The lowest BCUT2D eigenvalue weighted by Gasteiger charge is -2.41. The zero-order valence-electron chi connectivity index (χ0n) is 11.7. The third-order valence-electron chi connectivity index (χ3n) is 4.03. The molecule has 1 aliphatic rings. The lowest BCUT2D eigenvalue weighted by atomic mass is 9.67. The minimum Gasteiger partial charge on any atom is -0.386 e. The Morgan fingerprint density at radius 2 is 2.17 bits per heavy atom. The molecule has 1 saturated carbocycles. The van der Waals surface area contributed by atoms with Crippen LogP contribution >= 0.6 is 15.9 Å². The van der Waals surface area contributed by atoms with E-state index in [-0.39, 0.29) is 21.9 Å². The van der Waals surface area contributed by atoms with E-state index in [9.17, 15) is 9.90 Å². The zero-order chi connectivity index (χ0) is 14.1. The first-order chi connectivity index (χ1) is 8.12. The van der Waals surface area contributed by atoms with E-state index in [4.69, 9.17) is 0 Å². The summed E-state index contributed by atoms with van der Waals surface area (Å²) < 4.78 is 0. The summed E-state index contributed by atoms with van der Waals surface area (Å²) in [6, 6.07) is 0. The number of hydrogen-bond acceptors (Lipinski definition) is 2. The summed E-state index contributed by atoms with van der Waals surface area (Å²) in [6.07, 6.45) is 4.62. The van der Waals surface area contributed by atoms with Gasteiger partial charge in [-0.25, -0.2) is 0 Å². The van der Waals surface area contributed by atoms with Crippen molar-refractivity contribution in [2.45, 2.75) is 51.0 Å². The molecule has 3 atom stereocenters. The van der Waals surface area contributed by atoms with Gasteiger partial charge in [-0.05, 0) is 18.8 Å². The third-order valence-corrected chi connectivity index (χ3v) is 5.50. The summed E-state index contributed by atoms with van der Waals surface area (Å²) >= 11 is 3.61. The number of hydrogen-bond donors (Lipinski definition) is 1. The van der Waals surface area contributed by atoms with Crippen LogP contribution in [0.4, 0.5) is 0 Å². The molecule has 0 aliphatic heterocycles. The Labute approximate surface area is 118 Å². The lowest BCUT2D eigenvalue weighted by molar-refractivity contribution is -0.123. The zero-order valence-corrected chi connectivity index (χ0v) is 13.3. The maximum Gasteiger partial charge on any atom is 0.140 e. The molecule has 1 aliphatic carbocycles. The number of carbonyl (C=O) groups excluding carboxylic acids is 1. The molecule has 0 spiro atoms. The third kappa shape index (κ3) is 3.12. The quantitative estimate of drug-likeness (QED) is 0.638. The Balaban J connectivity index is 3.05. The molecule has 0 aromatic heterocycles. The molecule has 18 heavy (non-hydrogen) atoms. The Kier molecular flexibility index (Phi) is 4.60. The maximum atomic E-state index is 11.9. The first-order valence-corrected chi connectivity index (χ1v) is 7.26. The van der Waals surface area contributed by atoms with Crippen molar-refractivity contribution in [3.05, 3.63) is 24.3 Å². The molecular weight excluding hydrogens is 292 g/mol. The van der Waals surface area contributed by atoms with Gasteiger partial charge in [-0.2, -0.15) is 0 Å². The molecule has 0 bridgehead atoms. The van der Waals surface area contributed by atoms with Crippen molar-refractivity contribution >= 4 is 21.7 Å². The predicted molar refractivity (Wildman–Crippen MR) is 78.8 cm³/mol. The molecule has 3 unspecified atom stereocenters. The number of carbonyl (C=O) groups is 1. The van der Waals surface area contributed by atoms with Crippen LogP contribution in [-0.2, 0) is 4.79 Å². The second-order valence-corrected chi connectivity index (χ2v) is 7.11. The minimum atomic E-state index is -0.912. The van der Waals surface area contributed by atoms with Gasteiger partial charge in [-0.15, -0.1) is 6.58 Å². The van der Waals surface area contributed by atoms with Crippen LogP contribution in [0.3, 0.4) is 0 Å². The lowest BCUT2D eigenvalue weighted by Crippen LogP contribution is -2.40. The number of rotatable bonds is 3. The Morgan fingerprint density at radius 3 is 2.67 bits per heavy atom. The van der Waals surface area contributed by atoms with Gasteiger partial charge in [0.2, 0.25) is 0 Å². The molecule has 1 N–H and O–H groups in total. The van der Waals surface area contributed by atoms with Crippen LogP contribution in [0.1, 0.15) is 40.5 Å². The fraction of sp³-hybridized carbons (Fsp3) is 0.667. The van der Waals surface area contributed by atoms with Crippen molar-refractivity contribution in [1.29, 1.82) is 0 Å². The molecule has 1 rings (SSSR count). The summed E-state index contributed by atoms with van der Waals surface area (Å²) in [7, 11) is 0. The van der Waals surface area contributed by atoms with Crippen molar-refractivity contribution in [1.82, 2.24) is 0 Å². The van der Waals surface area contributed by atoms with Gasteiger partial charge in [0, 0.05) is 17.2 Å². The molecule has 0 aromatic rings. The summed E-state index contributed by atoms with van der Waals surface area (Å²) in [5.41, 5.74) is 0.137. The van der Waals surface area contributed by atoms with Crippen molar-refractivity contribution < 1.29 is 9.90 Å². The highest BCUT2D eigenvalue weighted by Crippen LogP contribution is 2.45. The number of halogens is 1. The van der Waals surface area contributed by atoms with E-state index in [1.54, 1.807) is 6.92 Å². The molecule has 2 nitrogen and oxygen atoms in total. The summed E-state index contributed by atoms with van der Waals surface area (Å²) in [6.45, 7) is 11.6. The number of allylic oxidation sites excluding steroid dienone is 1. The smallest absolute Gasteiger partial charge is 0.140 e. The van der Waals surface area contributed by atoms with Crippen LogP contribution in [0.15, 0.2) is 24.3 Å². The molecule has 0 aromatic carbocycles. The van der Waals surface area contributed by atoms with Gasteiger partial charge < -0.3 is 5.11 Å². The van der Waals surface area contributed by atoms with Crippen LogP contribution in [0.2, 0.25) is 0 Å². The van der Waals surface area contributed by atoms with Gasteiger partial charge in [-0.3, -0.25) is 4.79 Å². The highest BCUT2D eigenvalue weighted by Gasteiger charge is 2.42. The topological polar surface area (TPSA) is 37.3 Å². The summed E-state index contributed by atoms with van der Waals surface area (Å²) in [4.78, 5) is 12.1. The number of alkyl halides is 1. The Bertz CT molecular complexity index is 380. The molecule has 102 valence electrons. The van der Waals surface area contributed by atoms with Crippen molar-refractivity contribution in [2.24, 2.45) is 11.3 Å². The fourth-order valence-corrected chi connectivity index (χ4v) is 2.94.